The predicted octanol–water partition coefficient (Wildman–Crippen LogP) is 1.98. The van der Waals surface area contributed by atoms with Crippen molar-refractivity contribution in [3.05, 3.63) is 29.3 Å². The van der Waals surface area contributed by atoms with Crippen molar-refractivity contribution >= 4 is 51.1 Å². The first-order chi connectivity index (χ1) is 11.0. The molecule has 2 aliphatic rings. The van der Waals surface area contributed by atoms with Gasteiger partial charge in [0.05, 0.1) is 10.8 Å². The molecular formula is C14H17ClN2O3S3. The van der Waals surface area contributed by atoms with E-state index in [4.69, 9.17) is 11.6 Å². The van der Waals surface area contributed by atoms with Gasteiger partial charge in [-0.1, -0.05) is 11.6 Å². The first kappa shape index (κ1) is 17.4. The third-order valence-corrected chi connectivity index (χ3v) is 8.11. The molecule has 3 rings (SSSR count). The lowest BCUT2D eigenvalue weighted by molar-refractivity contribution is -0.133. The van der Waals surface area contributed by atoms with E-state index in [-0.39, 0.29) is 10.8 Å². The Balaban J connectivity index is 1.82. The van der Waals surface area contributed by atoms with Crippen LogP contribution in [0.3, 0.4) is 0 Å². The van der Waals surface area contributed by atoms with Gasteiger partial charge in [-0.3, -0.25) is 4.79 Å². The highest BCUT2D eigenvalue weighted by atomic mass is 35.5. The number of carbonyl (C=O) groups is 1. The lowest BCUT2D eigenvalue weighted by Crippen LogP contribution is -2.51. The SMILES string of the molecule is O=C(C1CSCN1S(=O)(=O)c1ccc(Cl)cc1)N1CCSCC1. The second kappa shape index (κ2) is 7.23. The van der Waals surface area contributed by atoms with E-state index in [0.717, 1.165) is 11.5 Å². The summed E-state index contributed by atoms with van der Waals surface area (Å²) in [5.74, 6) is 2.57. The Morgan fingerprint density at radius 3 is 2.43 bits per heavy atom. The van der Waals surface area contributed by atoms with Crippen molar-refractivity contribution in [1.82, 2.24) is 9.21 Å². The van der Waals surface area contributed by atoms with Crippen LogP contribution < -0.4 is 0 Å². The normalized spacial score (nSPS) is 23.2. The van der Waals surface area contributed by atoms with Crippen molar-refractivity contribution in [3.8, 4) is 0 Å². The van der Waals surface area contributed by atoms with Crippen LogP contribution in [0.1, 0.15) is 0 Å². The molecule has 23 heavy (non-hydrogen) atoms. The lowest BCUT2D eigenvalue weighted by Gasteiger charge is -2.31. The summed E-state index contributed by atoms with van der Waals surface area (Å²) in [5.41, 5.74) is 0. The maximum atomic E-state index is 12.8. The lowest BCUT2D eigenvalue weighted by atomic mass is 10.3. The van der Waals surface area contributed by atoms with E-state index in [1.807, 2.05) is 11.8 Å². The van der Waals surface area contributed by atoms with Crippen LogP contribution in [-0.4, -0.2) is 65.8 Å². The molecule has 0 bridgehead atoms. The average Bonchev–Trinajstić information content (AvgIpc) is 3.06. The fraction of sp³-hybridized carbons (Fsp3) is 0.500. The molecule has 0 radical (unpaired) electrons. The molecular weight excluding hydrogens is 376 g/mol. The van der Waals surface area contributed by atoms with E-state index < -0.39 is 16.1 Å². The van der Waals surface area contributed by atoms with Gasteiger partial charge in [0, 0.05) is 35.4 Å². The number of carbonyl (C=O) groups excluding carboxylic acids is 1. The van der Waals surface area contributed by atoms with E-state index >= 15 is 0 Å². The number of hydrogen-bond donors (Lipinski definition) is 0. The van der Waals surface area contributed by atoms with Gasteiger partial charge in [-0.05, 0) is 24.3 Å². The average molecular weight is 393 g/mol. The maximum Gasteiger partial charge on any atom is 0.244 e. The van der Waals surface area contributed by atoms with E-state index in [1.54, 1.807) is 17.0 Å². The number of nitrogens with zero attached hydrogens (tertiary/aromatic N) is 2. The molecule has 126 valence electrons. The van der Waals surface area contributed by atoms with Gasteiger partial charge in [0.15, 0.2) is 0 Å². The number of halogens is 1. The van der Waals surface area contributed by atoms with Gasteiger partial charge in [0.2, 0.25) is 15.9 Å². The molecule has 0 aliphatic carbocycles. The van der Waals surface area contributed by atoms with Crippen molar-refractivity contribution in [2.45, 2.75) is 10.9 Å². The third-order valence-electron chi connectivity index (χ3n) is 3.87. The third kappa shape index (κ3) is 3.66. The fourth-order valence-corrected chi connectivity index (χ4v) is 6.76. The monoisotopic (exact) mass is 392 g/mol. The van der Waals surface area contributed by atoms with Gasteiger partial charge in [-0.15, -0.1) is 11.8 Å². The number of hydrogen-bond acceptors (Lipinski definition) is 5. The van der Waals surface area contributed by atoms with Crippen LogP contribution in [0, 0.1) is 0 Å². The van der Waals surface area contributed by atoms with Gasteiger partial charge in [0.25, 0.3) is 0 Å². The van der Waals surface area contributed by atoms with E-state index in [9.17, 15) is 13.2 Å². The van der Waals surface area contributed by atoms with Gasteiger partial charge in [-0.2, -0.15) is 16.1 Å². The fourth-order valence-electron chi connectivity index (χ4n) is 2.60. The Morgan fingerprint density at radius 2 is 1.78 bits per heavy atom. The van der Waals surface area contributed by atoms with E-state index in [1.165, 1.54) is 28.2 Å². The summed E-state index contributed by atoms with van der Waals surface area (Å²) in [4.78, 5) is 14.7. The van der Waals surface area contributed by atoms with E-state index in [2.05, 4.69) is 0 Å². The molecule has 2 saturated heterocycles. The Kier molecular flexibility index (Phi) is 5.47. The number of rotatable bonds is 3. The zero-order valence-electron chi connectivity index (χ0n) is 12.4. The molecule has 2 heterocycles. The summed E-state index contributed by atoms with van der Waals surface area (Å²) in [5, 5.41) is 0.484. The smallest absolute Gasteiger partial charge is 0.244 e. The highest BCUT2D eigenvalue weighted by Gasteiger charge is 2.41. The van der Waals surface area contributed by atoms with Crippen molar-refractivity contribution in [1.29, 1.82) is 0 Å². The highest BCUT2D eigenvalue weighted by molar-refractivity contribution is 8.00. The standard InChI is InChI=1S/C14H17ClN2O3S3/c15-11-1-3-12(4-2-11)23(19,20)17-10-22-9-13(17)14(18)16-5-7-21-8-6-16/h1-4,13H,5-10H2. The number of thioether (sulfide) groups is 2. The molecule has 1 aromatic rings. The van der Waals surface area contributed by atoms with Gasteiger partial charge < -0.3 is 4.90 Å². The van der Waals surface area contributed by atoms with Gasteiger partial charge in [0.1, 0.15) is 6.04 Å². The summed E-state index contributed by atoms with van der Waals surface area (Å²) < 4.78 is 27.0. The van der Waals surface area contributed by atoms with Crippen LogP contribution in [0.4, 0.5) is 0 Å². The predicted molar refractivity (Wildman–Crippen MR) is 95.5 cm³/mol. The minimum absolute atomic E-state index is 0.0761. The molecule has 2 fully saturated rings. The molecule has 0 spiro atoms. The summed E-state index contributed by atoms with van der Waals surface area (Å²) in [6.07, 6.45) is 0. The van der Waals surface area contributed by atoms with Crippen LogP contribution in [0.5, 0.6) is 0 Å². The Morgan fingerprint density at radius 1 is 1.13 bits per heavy atom. The molecule has 9 heteroatoms. The van der Waals surface area contributed by atoms with Gasteiger partial charge >= 0.3 is 0 Å². The second-order valence-electron chi connectivity index (χ2n) is 5.30. The second-order valence-corrected chi connectivity index (χ2v) is 9.85. The Bertz CT molecular complexity index is 675. The zero-order chi connectivity index (χ0) is 16.4. The van der Waals surface area contributed by atoms with Crippen molar-refractivity contribution in [3.63, 3.8) is 0 Å². The summed E-state index contributed by atoms with van der Waals surface area (Å²) in [6, 6.07) is 5.47. The number of amides is 1. The summed E-state index contributed by atoms with van der Waals surface area (Å²) >= 11 is 9.12. The molecule has 1 atom stereocenters. The summed E-state index contributed by atoms with van der Waals surface area (Å²) in [7, 11) is -3.69. The largest absolute Gasteiger partial charge is 0.340 e. The molecule has 1 aromatic carbocycles. The van der Waals surface area contributed by atoms with Crippen molar-refractivity contribution in [2.75, 3.05) is 36.2 Å². The molecule has 1 unspecified atom stereocenters. The quantitative estimate of drug-likeness (QED) is 0.787. The van der Waals surface area contributed by atoms with Crippen LogP contribution in [-0.2, 0) is 14.8 Å². The molecule has 0 saturated carbocycles. The molecule has 0 N–H and O–H groups in total. The van der Waals surface area contributed by atoms with Crippen molar-refractivity contribution in [2.24, 2.45) is 0 Å². The zero-order valence-corrected chi connectivity index (χ0v) is 15.6. The minimum atomic E-state index is -3.69. The van der Waals surface area contributed by atoms with E-state index in [0.29, 0.717) is 29.7 Å². The number of sulfonamides is 1. The van der Waals surface area contributed by atoms with Crippen LogP contribution in [0.25, 0.3) is 0 Å². The molecule has 1 amide bonds. The number of benzene rings is 1. The van der Waals surface area contributed by atoms with Crippen LogP contribution >= 0.6 is 35.1 Å². The first-order valence-corrected chi connectivity index (χ1v) is 11.3. The Labute approximate surface area is 149 Å². The molecule has 0 aromatic heterocycles. The van der Waals surface area contributed by atoms with Crippen LogP contribution in [0.15, 0.2) is 29.2 Å². The van der Waals surface area contributed by atoms with Crippen molar-refractivity contribution < 1.29 is 13.2 Å². The van der Waals surface area contributed by atoms with Gasteiger partial charge in [-0.25, -0.2) is 8.42 Å². The molecule has 5 nitrogen and oxygen atoms in total. The maximum absolute atomic E-state index is 12.8. The Hall–Kier alpha value is -0.410. The van der Waals surface area contributed by atoms with Crippen LogP contribution in [0.2, 0.25) is 5.02 Å². The molecule has 2 aliphatic heterocycles. The highest BCUT2D eigenvalue weighted by Crippen LogP contribution is 2.30. The topological polar surface area (TPSA) is 57.7 Å². The minimum Gasteiger partial charge on any atom is -0.340 e. The first-order valence-electron chi connectivity index (χ1n) is 7.22. The summed E-state index contributed by atoms with van der Waals surface area (Å²) in [6.45, 7) is 1.39.